The van der Waals surface area contributed by atoms with Gasteiger partial charge in [-0.05, 0) is 31.5 Å². The molecule has 98 valence electrons. The fourth-order valence-corrected chi connectivity index (χ4v) is 1.74. The zero-order valence-corrected chi connectivity index (χ0v) is 11.6. The van der Waals surface area contributed by atoms with E-state index in [0.717, 1.165) is 0 Å². The maximum atomic E-state index is 11.8. The molecular formula is C13H14Cl2O3. The van der Waals surface area contributed by atoms with Crippen molar-refractivity contribution in [2.45, 2.75) is 26.2 Å². The molecule has 0 unspecified atom stereocenters. The third kappa shape index (κ3) is 4.67. The molecule has 1 aromatic carbocycles. The molecule has 5 heteroatoms. The van der Waals surface area contributed by atoms with Crippen LogP contribution in [0.15, 0.2) is 18.2 Å². The standard InChI is InChI=1S/C13H14Cl2O3/c1-2-18-13(17)5-3-4-12(16)9-6-7-10(14)11(15)8-9/h6-8H,2-5H2,1H3. The van der Waals surface area contributed by atoms with Gasteiger partial charge in [-0.15, -0.1) is 0 Å². The summed E-state index contributed by atoms with van der Waals surface area (Å²) in [6.45, 7) is 2.11. The lowest BCUT2D eigenvalue weighted by Crippen LogP contribution is -2.05. The minimum atomic E-state index is -0.278. The van der Waals surface area contributed by atoms with Gasteiger partial charge in [0.25, 0.3) is 0 Å². The summed E-state index contributed by atoms with van der Waals surface area (Å²) in [5, 5.41) is 0.771. The molecule has 0 aromatic heterocycles. The van der Waals surface area contributed by atoms with Crippen LogP contribution in [0.5, 0.6) is 0 Å². The molecule has 0 radical (unpaired) electrons. The zero-order valence-electron chi connectivity index (χ0n) is 10.0. The predicted molar refractivity (Wildman–Crippen MR) is 71.3 cm³/mol. The van der Waals surface area contributed by atoms with Crippen molar-refractivity contribution in [3.05, 3.63) is 33.8 Å². The molecule has 1 rings (SSSR count). The number of hydrogen-bond donors (Lipinski definition) is 0. The fourth-order valence-electron chi connectivity index (χ4n) is 1.44. The van der Waals surface area contributed by atoms with Gasteiger partial charge < -0.3 is 4.74 Å². The molecule has 0 N–H and O–H groups in total. The van der Waals surface area contributed by atoms with E-state index in [0.29, 0.717) is 28.6 Å². The van der Waals surface area contributed by atoms with Crippen LogP contribution in [0.3, 0.4) is 0 Å². The molecule has 3 nitrogen and oxygen atoms in total. The highest BCUT2D eigenvalue weighted by atomic mass is 35.5. The molecular weight excluding hydrogens is 275 g/mol. The third-order valence-electron chi connectivity index (χ3n) is 2.33. The van der Waals surface area contributed by atoms with Crippen LogP contribution in [-0.2, 0) is 9.53 Å². The number of carbonyl (C=O) groups is 2. The van der Waals surface area contributed by atoms with Crippen LogP contribution < -0.4 is 0 Å². The third-order valence-corrected chi connectivity index (χ3v) is 3.07. The predicted octanol–water partition coefficient (Wildman–Crippen LogP) is 3.91. The van der Waals surface area contributed by atoms with E-state index in [4.69, 9.17) is 27.9 Å². The summed E-state index contributed by atoms with van der Waals surface area (Å²) < 4.78 is 4.78. The molecule has 0 aliphatic carbocycles. The number of esters is 1. The first-order chi connectivity index (χ1) is 8.54. The van der Waals surface area contributed by atoms with Gasteiger partial charge in [0, 0.05) is 18.4 Å². The van der Waals surface area contributed by atoms with Crippen LogP contribution in [0.25, 0.3) is 0 Å². The Hall–Kier alpha value is -1.06. The van der Waals surface area contributed by atoms with E-state index in [2.05, 4.69) is 0 Å². The van der Waals surface area contributed by atoms with Crippen LogP contribution in [0.1, 0.15) is 36.5 Å². The van der Waals surface area contributed by atoms with Gasteiger partial charge in [-0.1, -0.05) is 23.2 Å². The first-order valence-electron chi connectivity index (χ1n) is 5.68. The average molecular weight is 289 g/mol. The van der Waals surface area contributed by atoms with Crippen LogP contribution in [0.2, 0.25) is 10.0 Å². The van der Waals surface area contributed by atoms with Crippen molar-refractivity contribution >= 4 is 35.0 Å². The van der Waals surface area contributed by atoms with Crippen molar-refractivity contribution < 1.29 is 14.3 Å². The fraction of sp³-hybridized carbons (Fsp3) is 0.385. The maximum Gasteiger partial charge on any atom is 0.305 e. The quantitative estimate of drug-likeness (QED) is 0.589. The van der Waals surface area contributed by atoms with Gasteiger partial charge in [-0.2, -0.15) is 0 Å². The van der Waals surface area contributed by atoms with E-state index in [1.54, 1.807) is 19.1 Å². The van der Waals surface area contributed by atoms with Crippen molar-refractivity contribution in [2.24, 2.45) is 0 Å². The van der Waals surface area contributed by atoms with E-state index in [1.807, 2.05) is 0 Å². The van der Waals surface area contributed by atoms with Gasteiger partial charge in [0.2, 0.25) is 0 Å². The summed E-state index contributed by atoms with van der Waals surface area (Å²) in [6, 6.07) is 4.75. The number of ketones is 1. The monoisotopic (exact) mass is 288 g/mol. The van der Waals surface area contributed by atoms with Crippen molar-refractivity contribution in [1.82, 2.24) is 0 Å². The zero-order chi connectivity index (χ0) is 13.5. The van der Waals surface area contributed by atoms with E-state index in [1.165, 1.54) is 6.07 Å². The highest BCUT2D eigenvalue weighted by Gasteiger charge is 2.09. The Balaban J connectivity index is 2.45. The summed E-state index contributed by atoms with van der Waals surface area (Å²) in [6.07, 6.45) is 1.01. The van der Waals surface area contributed by atoms with Crippen molar-refractivity contribution in [1.29, 1.82) is 0 Å². The Morgan fingerprint density at radius 1 is 1.17 bits per heavy atom. The second-order valence-electron chi connectivity index (χ2n) is 3.71. The number of carbonyl (C=O) groups excluding carboxylic acids is 2. The number of ether oxygens (including phenoxy) is 1. The molecule has 0 saturated carbocycles. The normalized spacial score (nSPS) is 10.2. The van der Waals surface area contributed by atoms with Crippen molar-refractivity contribution in [3.8, 4) is 0 Å². The second-order valence-corrected chi connectivity index (χ2v) is 4.53. The van der Waals surface area contributed by atoms with Crippen LogP contribution in [0.4, 0.5) is 0 Å². The Kier molecular flexibility index (Phi) is 6.16. The maximum absolute atomic E-state index is 11.8. The number of halogens is 2. The highest BCUT2D eigenvalue weighted by Crippen LogP contribution is 2.23. The molecule has 0 atom stereocenters. The van der Waals surface area contributed by atoms with Gasteiger partial charge >= 0.3 is 5.97 Å². The molecule has 0 spiro atoms. The van der Waals surface area contributed by atoms with Crippen molar-refractivity contribution in [3.63, 3.8) is 0 Å². The summed E-state index contributed by atoms with van der Waals surface area (Å²) in [7, 11) is 0. The molecule has 0 amide bonds. The van der Waals surface area contributed by atoms with E-state index in [-0.39, 0.29) is 24.6 Å². The molecule has 1 aromatic rings. The van der Waals surface area contributed by atoms with Gasteiger partial charge in [0.15, 0.2) is 5.78 Å². The summed E-state index contributed by atoms with van der Waals surface area (Å²) in [5.74, 6) is -0.336. The molecule has 0 heterocycles. The Labute approximate surface area is 116 Å². The molecule has 0 saturated heterocycles. The largest absolute Gasteiger partial charge is 0.466 e. The summed E-state index contributed by atoms with van der Waals surface area (Å²) in [4.78, 5) is 22.9. The molecule has 0 fully saturated rings. The van der Waals surface area contributed by atoms with Crippen LogP contribution in [-0.4, -0.2) is 18.4 Å². The minimum Gasteiger partial charge on any atom is -0.466 e. The number of rotatable bonds is 6. The Morgan fingerprint density at radius 3 is 2.50 bits per heavy atom. The molecule has 18 heavy (non-hydrogen) atoms. The van der Waals surface area contributed by atoms with Gasteiger partial charge in [0.05, 0.1) is 16.7 Å². The lowest BCUT2D eigenvalue weighted by molar-refractivity contribution is -0.143. The van der Waals surface area contributed by atoms with E-state index < -0.39 is 0 Å². The highest BCUT2D eigenvalue weighted by molar-refractivity contribution is 6.42. The van der Waals surface area contributed by atoms with Gasteiger partial charge in [0.1, 0.15) is 0 Å². The van der Waals surface area contributed by atoms with Crippen LogP contribution >= 0.6 is 23.2 Å². The Morgan fingerprint density at radius 2 is 1.89 bits per heavy atom. The van der Waals surface area contributed by atoms with E-state index >= 15 is 0 Å². The lowest BCUT2D eigenvalue weighted by atomic mass is 10.1. The molecule has 0 aliphatic rings. The van der Waals surface area contributed by atoms with Gasteiger partial charge in [-0.3, -0.25) is 9.59 Å². The molecule has 0 aliphatic heterocycles. The minimum absolute atomic E-state index is 0.0575. The van der Waals surface area contributed by atoms with E-state index in [9.17, 15) is 9.59 Å². The topological polar surface area (TPSA) is 43.4 Å². The number of benzene rings is 1. The Bertz CT molecular complexity index is 444. The first-order valence-corrected chi connectivity index (χ1v) is 6.44. The summed E-state index contributed by atoms with van der Waals surface area (Å²) in [5.41, 5.74) is 0.508. The smallest absolute Gasteiger partial charge is 0.305 e. The van der Waals surface area contributed by atoms with Gasteiger partial charge in [-0.25, -0.2) is 0 Å². The average Bonchev–Trinajstić information content (AvgIpc) is 2.33. The lowest BCUT2D eigenvalue weighted by Gasteiger charge is -2.03. The van der Waals surface area contributed by atoms with Crippen LogP contribution in [0, 0.1) is 0 Å². The number of Topliss-reactive ketones (excluding diaryl/α,β-unsaturated/α-hetero) is 1. The summed E-state index contributed by atoms with van der Waals surface area (Å²) >= 11 is 11.6. The van der Waals surface area contributed by atoms with Crippen molar-refractivity contribution in [2.75, 3.05) is 6.61 Å². The molecule has 0 bridgehead atoms. The first kappa shape index (κ1) is 15.0. The number of hydrogen-bond acceptors (Lipinski definition) is 3. The SMILES string of the molecule is CCOC(=O)CCCC(=O)c1ccc(Cl)c(Cl)c1. The second kappa shape index (κ2) is 7.39.